The van der Waals surface area contributed by atoms with E-state index in [1.54, 1.807) is 0 Å². The third-order valence-electron chi connectivity index (χ3n) is 0.739. The number of hydrogen-bond acceptors (Lipinski definition) is 5. The molecule has 19 heavy (non-hydrogen) atoms. The van der Waals surface area contributed by atoms with Crippen molar-refractivity contribution in [2.75, 3.05) is 6.61 Å². The largest absolute Gasteiger partial charge is 0.0576 e. The number of hydrogen-bond donors (Lipinski definition) is 1. The molecule has 0 radical (unpaired) electrons. The third kappa shape index (κ3) is 58.8. The molecule has 1 N–H and O–H groups in total. The molecule has 1 unspecified atom stereocenters. The molecular weight excluding hydrogens is 424 g/mol. The maximum absolute atomic E-state index is 11.2. The summed E-state index contributed by atoms with van der Waals surface area (Å²) in [5, 5.41) is 17.7. The molecule has 0 saturated carbocycles. The van der Waals surface area contributed by atoms with Crippen LogP contribution in [0.1, 0.15) is 6.92 Å². The van der Waals surface area contributed by atoms with Crippen molar-refractivity contribution in [1.29, 1.82) is 0 Å². The summed E-state index contributed by atoms with van der Waals surface area (Å²) >= 11 is -11.2. The van der Waals surface area contributed by atoms with Gasteiger partial charge in [-0.25, -0.2) is 4.79 Å². The Labute approximate surface area is 111 Å². The van der Waals surface area contributed by atoms with E-state index in [0.717, 1.165) is 0 Å². The summed E-state index contributed by atoms with van der Waals surface area (Å²) in [6.45, 7) is 1.02. The zero-order chi connectivity index (χ0) is 15.3. The van der Waals surface area contributed by atoms with Gasteiger partial charge in [0.25, 0.3) is 6.16 Å². The molecule has 6 nitrogen and oxygen atoms in total. The minimum atomic E-state index is -11.2. The van der Waals surface area contributed by atoms with Gasteiger partial charge in [0.15, 0.2) is 0 Å². The first-order valence-electron chi connectivity index (χ1n) is 3.77. The van der Waals surface area contributed by atoms with Crippen LogP contribution in [-0.2, 0) is 23.0 Å². The van der Waals surface area contributed by atoms with Crippen LogP contribution < -0.4 is 5.11 Å². The molecule has 0 aliphatic rings. The molecule has 0 fully saturated rings. The number of carbonyl (C=O) groups excluding carboxylic acids is 1. The normalized spacial score (nSPS) is 15.3. The van der Waals surface area contributed by atoms with E-state index in [1.165, 1.54) is 6.92 Å². The fourth-order valence-electron chi connectivity index (χ4n) is 0.387. The Balaban J connectivity index is -0.000000280. The average molecular weight is 434 g/mol. The van der Waals surface area contributed by atoms with Gasteiger partial charge in [-0.3, -0.25) is 0 Å². The molecule has 0 spiro atoms. The SMILES string of the molecule is CC(COC(=O)O)OC(=O)[O-].[F][Sb-]([F])([F])([F])([F])[F].[SH3+]. The van der Waals surface area contributed by atoms with Crippen molar-refractivity contribution in [3.05, 3.63) is 0 Å². The van der Waals surface area contributed by atoms with E-state index < -0.39 is 37.9 Å². The van der Waals surface area contributed by atoms with E-state index in [1.807, 2.05) is 0 Å². The van der Waals surface area contributed by atoms with Gasteiger partial charge >= 0.3 is 42.5 Å². The second kappa shape index (κ2) is 6.64. The standard InChI is InChI=1S/C5H8O6.6FH.H2S.Sb/c1-3(11-5(8)9)2-10-4(6)7;;;;;;;;/h3H,2H2,1H3,(H,6,7)(H,8,9);6*1H;1H2;/q;;;;;;;;+5/p-6. The van der Waals surface area contributed by atoms with Gasteiger partial charge in [-0.05, 0) is 6.92 Å². The van der Waals surface area contributed by atoms with Gasteiger partial charge in [0, 0.05) is 0 Å². The molecule has 0 amide bonds. The van der Waals surface area contributed by atoms with E-state index in [4.69, 9.17) is 5.11 Å². The molecule has 0 aromatic rings. The Hall–Kier alpha value is -0.712. The molecule has 120 valence electrons. The minimum Gasteiger partial charge on any atom is -0.0576 e. The zero-order valence-electron chi connectivity index (χ0n) is 9.07. The molecule has 0 heterocycles. The molecular formula is C5H10F6O6SSb-. The van der Waals surface area contributed by atoms with Crippen LogP contribution in [-0.4, -0.2) is 49.6 Å². The maximum atomic E-state index is 9.93. The Morgan fingerprint density at radius 3 is 1.74 bits per heavy atom. The predicted molar refractivity (Wildman–Crippen MR) is 53.9 cm³/mol. The first kappa shape index (κ1) is 23.4. The monoisotopic (exact) mass is 433 g/mol. The van der Waals surface area contributed by atoms with Crippen LogP contribution in [0, 0.1) is 0 Å². The van der Waals surface area contributed by atoms with E-state index >= 15 is 0 Å². The van der Waals surface area contributed by atoms with Crippen molar-refractivity contribution in [1.82, 2.24) is 0 Å². The van der Waals surface area contributed by atoms with E-state index in [-0.39, 0.29) is 20.1 Å². The summed E-state index contributed by atoms with van der Waals surface area (Å²) in [4.78, 5) is 19.5. The van der Waals surface area contributed by atoms with Crippen molar-refractivity contribution in [2.24, 2.45) is 0 Å². The average Bonchev–Trinajstić information content (AvgIpc) is 1.93. The predicted octanol–water partition coefficient (Wildman–Crippen LogP) is 0.764. The Kier molecular flexibility index (Phi) is 8.17. The number of halogens is 6. The van der Waals surface area contributed by atoms with Crippen LogP contribution in [0.2, 0.25) is 0 Å². The zero-order valence-corrected chi connectivity index (χ0v) is 12.8. The Morgan fingerprint density at radius 2 is 1.53 bits per heavy atom. The second-order valence-electron chi connectivity index (χ2n) is 2.71. The molecule has 1 atom stereocenters. The summed E-state index contributed by atoms with van der Waals surface area (Å²) in [5.74, 6) is 0. The molecule has 0 aliphatic heterocycles. The van der Waals surface area contributed by atoms with Crippen LogP contribution in [0.4, 0.5) is 26.5 Å². The quantitative estimate of drug-likeness (QED) is 0.305. The van der Waals surface area contributed by atoms with Crippen LogP contribution in [0.5, 0.6) is 0 Å². The Bertz CT molecular complexity index is 304. The molecule has 0 aromatic carbocycles. The first-order valence-corrected chi connectivity index (χ1v) is 9.56. The summed E-state index contributed by atoms with van der Waals surface area (Å²) < 4.78 is 67.6. The first-order chi connectivity index (χ1) is 7.47. The smallest absolute Gasteiger partial charge is 0.0576 e. The van der Waals surface area contributed by atoms with Crippen molar-refractivity contribution in [2.45, 2.75) is 13.0 Å². The van der Waals surface area contributed by atoms with Crippen molar-refractivity contribution in [3.63, 3.8) is 0 Å². The van der Waals surface area contributed by atoms with Gasteiger partial charge in [-0.15, -0.1) is 0 Å². The number of carboxylic acid groups (broad SMARTS) is 2. The molecule has 14 heteroatoms. The van der Waals surface area contributed by atoms with E-state index in [0.29, 0.717) is 0 Å². The van der Waals surface area contributed by atoms with Gasteiger partial charge in [0.05, 0.1) is 6.10 Å². The maximum Gasteiger partial charge on any atom is -0.0576 e. The molecule has 0 saturated heterocycles. The van der Waals surface area contributed by atoms with Crippen molar-refractivity contribution in [3.8, 4) is 0 Å². The number of carbonyl (C=O) groups is 2. The van der Waals surface area contributed by atoms with Gasteiger partial charge < -0.3 is 24.5 Å². The fraction of sp³-hybridized carbons (Fsp3) is 0.600. The van der Waals surface area contributed by atoms with E-state index in [2.05, 4.69) is 9.47 Å². The summed E-state index contributed by atoms with van der Waals surface area (Å²) in [5.41, 5.74) is 0. The van der Waals surface area contributed by atoms with Crippen molar-refractivity contribution >= 4 is 45.3 Å². The van der Waals surface area contributed by atoms with Crippen LogP contribution in [0.25, 0.3) is 0 Å². The van der Waals surface area contributed by atoms with Gasteiger partial charge in [-0.1, -0.05) is 13.5 Å². The van der Waals surface area contributed by atoms with Crippen LogP contribution >= 0.6 is 0 Å². The van der Waals surface area contributed by atoms with Gasteiger partial charge in [0.1, 0.15) is 6.61 Å². The molecule has 0 rings (SSSR count). The fourth-order valence-corrected chi connectivity index (χ4v) is 0.387. The van der Waals surface area contributed by atoms with Gasteiger partial charge in [-0.2, -0.15) is 0 Å². The van der Waals surface area contributed by atoms with Crippen LogP contribution in [0.15, 0.2) is 0 Å². The Morgan fingerprint density at radius 1 is 1.21 bits per heavy atom. The molecule has 0 aliphatic carbocycles. The minimum absolute atomic E-state index is 0. The summed E-state index contributed by atoms with van der Waals surface area (Å²) in [6, 6.07) is 0. The number of ether oxygens (including phenoxy) is 2. The topological polar surface area (TPSA) is 95.9 Å². The summed E-state index contributed by atoms with van der Waals surface area (Å²) in [6.07, 6.45) is -4.01. The third-order valence-corrected chi connectivity index (χ3v) is 0.739. The second-order valence-corrected chi connectivity index (χ2v) is 8.18. The molecule has 0 aromatic heterocycles. The van der Waals surface area contributed by atoms with Crippen LogP contribution in [0.3, 0.4) is 0 Å². The number of rotatable bonds is 3. The van der Waals surface area contributed by atoms with E-state index in [9.17, 15) is 31.6 Å². The summed E-state index contributed by atoms with van der Waals surface area (Å²) in [7, 11) is 0. The van der Waals surface area contributed by atoms with Crippen molar-refractivity contribution < 1.29 is 46.2 Å². The molecule has 0 bridgehead atoms. The van der Waals surface area contributed by atoms with Gasteiger partial charge in [0.2, 0.25) is 0 Å².